The van der Waals surface area contributed by atoms with E-state index in [-0.39, 0.29) is 6.09 Å². The third-order valence-electron chi connectivity index (χ3n) is 4.61. The van der Waals surface area contributed by atoms with Crippen molar-refractivity contribution in [1.82, 2.24) is 5.32 Å². The minimum atomic E-state index is -1.50. The van der Waals surface area contributed by atoms with Gasteiger partial charge in [0.1, 0.15) is 5.60 Å². The van der Waals surface area contributed by atoms with Gasteiger partial charge in [0.05, 0.1) is 0 Å². The summed E-state index contributed by atoms with van der Waals surface area (Å²) in [7, 11) is 0. The number of hydrogen-bond acceptors (Lipinski definition) is 4. The molecule has 0 aliphatic heterocycles. The van der Waals surface area contributed by atoms with Crippen molar-refractivity contribution in [3.05, 3.63) is 29.8 Å². The Morgan fingerprint density at radius 2 is 1.67 bits per heavy atom. The smallest absolute Gasteiger partial charge is 0.407 e. The van der Waals surface area contributed by atoms with E-state index < -0.39 is 17.5 Å². The summed E-state index contributed by atoms with van der Waals surface area (Å²) in [4.78, 5) is 33.5. The Bertz CT molecular complexity index is 671. The van der Waals surface area contributed by atoms with Crippen molar-refractivity contribution in [3.8, 4) is 0 Å². The van der Waals surface area contributed by atoms with Crippen molar-refractivity contribution in [3.63, 3.8) is 0 Å². The highest BCUT2D eigenvalue weighted by atomic mass is 16.6. The quantitative estimate of drug-likeness (QED) is 0.698. The van der Waals surface area contributed by atoms with Gasteiger partial charge in [-0.25, -0.2) is 9.59 Å². The number of hydrogen-bond donors (Lipinski definition) is 3. The van der Waals surface area contributed by atoms with Crippen molar-refractivity contribution in [2.75, 3.05) is 11.9 Å². The molecule has 0 heterocycles. The van der Waals surface area contributed by atoms with Crippen LogP contribution in [0.5, 0.6) is 0 Å². The van der Waals surface area contributed by atoms with Gasteiger partial charge < -0.3 is 20.5 Å². The highest BCUT2D eigenvalue weighted by Crippen LogP contribution is 2.35. The largest absolute Gasteiger partial charge is 0.474 e. The lowest BCUT2D eigenvalue weighted by atomic mass is 9.78. The normalized spacial score (nSPS) is 19.8. The number of carbonyl (C=O) groups excluding carboxylic acids is 2. The maximum absolute atomic E-state index is 11.7. The molecule has 0 saturated heterocycles. The van der Waals surface area contributed by atoms with Crippen LogP contribution < -0.4 is 10.6 Å². The second-order valence-corrected chi connectivity index (χ2v) is 7.98. The summed E-state index contributed by atoms with van der Waals surface area (Å²) in [6.07, 6.45) is 3.74. The molecule has 1 aliphatic rings. The summed E-state index contributed by atoms with van der Waals surface area (Å²) < 4.78 is 5.26. The summed E-state index contributed by atoms with van der Waals surface area (Å²) in [6, 6.07) is 7.32. The van der Waals surface area contributed by atoms with Crippen LogP contribution in [0.3, 0.4) is 0 Å². The first kappa shape index (κ1) is 20.7. The number of benzene rings is 1. The molecule has 1 aromatic rings. The van der Waals surface area contributed by atoms with E-state index in [1.165, 1.54) is 5.56 Å². The Hall–Kier alpha value is -2.57. The summed E-state index contributed by atoms with van der Waals surface area (Å²) in [5, 5.41) is 13.8. The minimum absolute atomic E-state index is 0.372. The topological polar surface area (TPSA) is 105 Å². The number of anilines is 1. The van der Waals surface area contributed by atoms with Crippen molar-refractivity contribution in [2.24, 2.45) is 5.92 Å². The average molecular weight is 376 g/mol. The van der Waals surface area contributed by atoms with E-state index in [0.717, 1.165) is 25.7 Å². The number of alkyl carbamates (subject to hydrolysis) is 1. The predicted molar refractivity (Wildman–Crippen MR) is 102 cm³/mol. The second-order valence-electron chi connectivity index (χ2n) is 7.98. The molecule has 7 nitrogen and oxygen atoms in total. The molecule has 3 N–H and O–H groups in total. The Kier molecular flexibility index (Phi) is 6.82. The van der Waals surface area contributed by atoms with Gasteiger partial charge in [0.2, 0.25) is 0 Å². The number of carbonyl (C=O) groups is 3. The van der Waals surface area contributed by atoms with Crippen LogP contribution in [0.1, 0.15) is 57.9 Å². The Balaban J connectivity index is 1.77. The molecule has 2 amide bonds. The van der Waals surface area contributed by atoms with E-state index >= 15 is 0 Å². The third-order valence-corrected chi connectivity index (χ3v) is 4.61. The van der Waals surface area contributed by atoms with E-state index in [9.17, 15) is 14.4 Å². The van der Waals surface area contributed by atoms with Gasteiger partial charge in [0.15, 0.2) is 0 Å². The van der Waals surface area contributed by atoms with E-state index in [1.807, 2.05) is 32.9 Å². The van der Waals surface area contributed by atoms with Gasteiger partial charge in [-0.2, -0.15) is 0 Å². The molecule has 148 valence electrons. The van der Waals surface area contributed by atoms with Crippen LogP contribution in [0, 0.1) is 5.92 Å². The molecule has 1 aromatic carbocycles. The van der Waals surface area contributed by atoms with Crippen LogP contribution in [-0.2, 0) is 14.3 Å². The maximum Gasteiger partial charge on any atom is 0.407 e. The van der Waals surface area contributed by atoms with E-state index in [4.69, 9.17) is 9.84 Å². The van der Waals surface area contributed by atoms with E-state index in [2.05, 4.69) is 10.6 Å². The predicted octanol–water partition coefficient (Wildman–Crippen LogP) is 3.51. The molecule has 27 heavy (non-hydrogen) atoms. The van der Waals surface area contributed by atoms with Gasteiger partial charge in [-0.15, -0.1) is 0 Å². The van der Waals surface area contributed by atoms with Gasteiger partial charge in [0, 0.05) is 12.2 Å². The zero-order chi connectivity index (χ0) is 20.0. The second kappa shape index (κ2) is 8.88. The summed E-state index contributed by atoms with van der Waals surface area (Å²) >= 11 is 0. The molecule has 0 spiro atoms. The van der Waals surface area contributed by atoms with Crippen LogP contribution >= 0.6 is 0 Å². The lowest BCUT2D eigenvalue weighted by Gasteiger charge is -2.29. The molecule has 2 rings (SSSR count). The lowest BCUT2D eigenvalue weighted by Crippen LogP contribution is -2.36. The lowest BCUT2D eigenvalue weighted by molar-refractivity contribution is -0.147. The number of carboxylic acids is 1. The van der Waals surface area contributed by atoms with Gasteiger partial charge >= 0.3 is 18.0 Å². The van der Waals surface area contributed by atoms with Crippen molar-refractivity contribution >= 4 is 23.7 Å². The van der Waals surface area contributed by atoms with E-state index in [0.29, 0.717) is 24.1 Å². The molecular weight excluding hydrogens is 348 g/mol. The fourth-order valence-electron chi connectivity index (χ4n) is 3.26. The van der Waals surface area contributed by atoms with Crippen LogP contribution in [0.2, 0.25) is 0 Å². The van der Waals surface area contributed by atoms with Gasteiger partial charge in [-0.3, -0.25) is 4.79 Å². The molecule has 7 heteroatoms. The first-order valence-corrected chi connectivity index (χ1v) is 9.25. The summed E-state index contributed by atoms with van der Waals surface area (Å²) in [5.74, 6) is -1.66. The molecule has 1 fully saturated rings. The van der Waals surface area contributed by atoms with Crippen molar-refractivity contribution < 1.29 is 24.2 Å². The molecule has 0 atom stereocenters. The first-order valence-electron chi connectivity index (χ1n) is 9.25. The van der Waals surface area contributed by atoms with E-state index in [1.54, 1.807) is 12.1 Å². The van der Waals surface area contributed by atoms with Crippen LogP contribution in [0.4, 0.5) is 10.5 Å². The zero-order valence-electron chi connectivity index (χ0n) is 16.1. The number of amides is 2. The Morgan fingerprint density at radius 3 is 2.19 bits per heavy atom. The number of aliphatic carboxylic acids is 1. The highest BCUT2D eigenvalue weighted by Gasteiger charge is 2.24. The number of rotatable bonds is 4. The number of ether oxygens (including phenoxy) is 1. The molecule has 1 aliphatic carbocycles. The van der Waals surface area contributed by atoms with Gasteiger partial charge in [-0.1, -0.05) is 12.1 Å². The minimum Gasteiger partial charge on any atom is -0.474 e. The van der Waals surface area contributed by atoms with Crippen molar-refractivity contribution in [2.45, 2.75) is 58.0 Å². The molecule has 0 aromatic heterocycles. The van der Waals surface area contributed by atoms with Gasteiger partial charge in [-0.05, 0) is 76.0 Å². The fourth-order valence-corrected chi connectivity index (χ4v) is 3.26. The Labute approximate surface area is 159 Å². The van der Waals surface area contributed by atoms with Gasteiger partial charge in [0.25, 0.3) is 0 Å². The average Bonchev–Trinajstić information content (AvgIpc) is 2.59. The Morgan fingerprint density at radius 1 is 1.07 bits per heavy atom. The summed E-state index contributed by atoms with van der Waals surface area (Å²) in [5.41, 5.74) is 1.17. The number of carboxylic acid groups (broad SMARTS) is 1. The fraction of sp³-hybridized carbons (Fsp3) is 0.550. The monoisotopic (exact) mass is 376 g/mol. The molecule has 1 saturated carbocycles. The standard InChI is InChI=1S/C20H28N2O5/c1-20(2,3)27-19(26)21-12-13-4-6-14(7-5-13)15-8-10-16(11-9-15)22-17(23)18(24)25/h8-11,13-14H,4-7,12H2,1-3H3,(H,21,26)(H,22,23)(H,24,25)/t13-,14-. The first-order chi connectivity index (χ1) is 12.6. The van der Waals surface area contributed by atoms with Crippen LogP contribution in [-0.4, -0.2) is 35.2 Å². The van der Waals surface area contributed by atoms with Crippen molar-refractivity contribution in [1.29, 1.82) is 0 Å². The summed E-state index contributed by atoms with van der Waals surface area (Å²) in [6.45, 7) is 6.16. The molecule has 0 radical (unpaired) electrons. The number of nitrogens with one attached hydrogen (secondary N) is 2. The SMILES string of the molecule is CC(C)(C)OC(=O)NC[C@H]1CC[C@H](c2ccc(NC(=O)C(=O)O)cc2)CC1. The molecule has 0 unspecified atom stereocenters. The van der Waals surface area contributed by atoms with Crippen LogP contribution in [0.25, 0.3) is 0 Å². The zero-order valence-corrected chi connectivity index (χ0v) is 16.1. The molecular formula is C20H28N2O5. The maximum atomic E-state index is 11.7. The third kappa shape index (κ3) is 6.92. The molecule has 0 bridgehead atoms. The highest BCUT2D eigenvalue weighted by molar-refractivity contribution is 6.36. The van der Waals surface area contributed by atoms with Crippen LogP contribution in [0.15, 0.2) is 24.3 Å².